The van der Waals surface area contributed by atoms with Gasteiger partial charge in [0.05, 0.1) is 19.0 Å². The standard InChI is InChI=1S/C18H19N3O4/c1-5-23-17-14(10-13(11-19)18(22)24-6-2)21-9-7-8-15(16(21)20-17)25-12(3)4/h5,7-10,12H,1,6H2,2-4H3/b13-10+. The summed E-state index contributed by atoms with van der Waals surface area (Å²) in [6.07, 6.45) is 4.28. The molecule has 0 aromatic carbocycles. The maximum Gasteiger partial charge on any atom is 0.348 e. The molecule has 0 bridgehead atoms. The summed E-state index contributed by atoms with van der Waals surface area (Å²) in [6.45, 7) is 9.18. The molecular weight excluding hydrogens is 322 g/mol. The van der Waals surface area contributed by atoms with E-state index in [4.69, 9.17) is 14.2 Å². The number of hydrogen-bond donors (Lipinski definition) is 0. The van der Waals surface area contributed by atoms with Crippen LogP contribution in [0.25, 0.3) is 11.7 Å². The summed E-state index contributed by atoms with van der Waals surface area (Å²) in [7, 11) is 0. The second-order valence-electron chi connectivity index (χ2n) is 5.21. The van der Waals surface area contributed by atoms with Crippen LogP contribution >= 0.6 is 0 Å². The Bertz CT molecular complexity index is 859. The molecule has 0 unspecified atom stereocenters. The van der Waals surface area contributed by atoms with Crippen molar-refractivity contribution in [3.05, 3.63) is 42.4 Å². The molecule has 2 rings (SSSR count). The van der Waals surface area contributed by atoms with Gasteiger partial charge in [0.1, 0.15) is 17.3 Å². The van der Waals surface area contributed by atoms with Gasteiger partial charge in [-0.25, -0.2) is 4.79 Å². The molecule has 0 fully saturated rings. The molecule has 0 saturated carbocycles. The monoisotopic (exact) mass is 341 g/mol. The van der Waals surface area contributed by atoms with Gasteiger partial charge in [0.15, 0.2) is 11.4 Å². The van der Waals surface area contributed by atoms with Crippen LogP contribution in [0.2, 0.25) is 0 Å². The summed E-state index contributed by atoms with van der Waals surface area (Å²) in [6, 6.07) is 5.40. The molecule has 7 nitrogen and oxygen atoms in total. The van der Waals surface area contributed by atoms with Gasteiger partial charge >= 0.3 is 5.97 Å². The third kappa shape index (κ3) is 3.98. The van der Waals surface area contributed by atoms with Crippen molar-refractivity contribution in [2.45, 2.75) is 26.9 Å². The number of rotatable bonds is 7. The Hall–Kier alpha value is -3.27. The Morgan fingerprint density at radius 1 is 1.52 bits per heavy atom. The van der Waals surface area contributed by atoms with Gasteiger partial charge in [-0.2, -0.15) is 10.2 Å². The Morgan fingerprint density at radius 3 is 2.88 bits per heavy atom. The highest BCUT2D eigenvalue weighted by molar-refractivity contribution is 5.98. The van der Waals surface area contributed by atoms with Crippen LogP contribution in [0.5, 0.6) is 11.6 Å². The van der Waals surface area contributed by atoms with E-state index in [9.17, 15) is 10.1 Å². The number of esters is 1. The SMILES string of the molecule is C=COc1nc2c(OC(C)C)cccn2c1/C=C(\C#N)C(=O)OCC. The maximum atomic E-state index is 11.9. The van der Waals surface area contributed by atoms with E-state index in [1.807, 2.05) is 19.9 Å². The van der Waals surface area contributed by atoms with Crippen LogP contribution in [0.15, 0.2) is 36.7 Å². The van der Waals surface area contributed by atoms with Crippen molar-refractivity contribution in [2.75, 3.05) is 6.61 Å². The zero-order valence-electron chi connectivity index (χ0n) is 14.4. The van der Waals surface area contributed by atoms with Crippen LogP contribution in [-0.4, -0.2) is 28.1 Å². The van der Waals surface area contributed by atoms with Gasteiger partial charge in [0, 0.05) is 6.20 Å². The first-order valence-corrected chi connectivity index (χ1v) is 7.76. The molecule has 0 aliphatic rings. The number of pyridine rings is 1. The van der Waals surface area contributed by atoms with Crippen molar-refractivity contribution in [3.63, 3.8) is 0 Å². The first-order chi connectivity index (χ1) is 12.0. The number of nitriles is 1. The van der Waals surface area contributed by atoms with E-state index in [0.29, 0.717) is 17.1 Å². The molecule has 25 heavy (non-hydrogen) atoms. The number of carbonyl (C=O) groups excluding carboxylic acids is 1. The van der Waals surface area contributed by atoms with E-state index < -0.39 is 5.97 Å². The summed E-state index contributed by atoms with van der Waals surface area (Å²) < 4.78 is 17.6. The van der Waals surface area contributed by atoms with Crippen molar-refractivity contribution in [1.82, 2.24) is 9.38 Å². The van der Waals surface area contributed by atoms with Gasteiger partial charge in [-0.1, -0.05) is 6.58 Å². The first kappa shape index (κ1) is 18.1. The van der Waals surface area contributed by atoms with Crippen LogP contribution in [0.3, 0.4) is 0 Å². The quantitative estimate of drug-likeness (QED) is 0.333. The number of carbonyl (C=O) groups is 1. The third-order valence-electron chi connectivity index (χ3n) is 3.07. The van der Waals surface area contributed by atoms with E-state index in [0.717, 1.165) is 0 Å². The van der Waals surface area contributed by atoms with Crippen LogP contribution < -0.4 is 9.47 Å². The number of imidazole rings is 1. The molecule has 0 saturated heterocycles. The minimum absolute atomic E-state index is 0.0418. The van der Waals surface area contributed by atoms with Gasteiger partial charge in [-0.05, 0) is 39.0 Å². The zero-order chi connectivity index (χ0) is 18.4. The van der Waals surface area contributed by atoms with E-state index in [1.54, 1.807) is 29.7 Å². The average molecular weight is 341 g/mol. The van der Waals surface area contributed by atoms with Crippen LogP contribution in [0.4, 0.5) is 0 Å². The summed E-state index contributed by atoms with van der Waals surface area (Å²) in [5.74, 6) is 0.0478. The molecule has 2 heterocycles. The van der Waals surface area contributed by atoms with E-state index in [2.05, 4.69) is 11.6 Å². The Morgan fingerprint density at radius 2 is 2.28 bits per heavy atom. The number of aromatic nitrogens is 2. The van der Waals surface area contributed by atoms with Crippen molar-refractivity contribution in [1.29, 1.82) is 5.26 Å². The minimum atomic E-state index is -0.709. The molecule has 2 aromatic heterocycles. The molecule has 0 N–H and O–H groups in total. The van der Waals surface area contributed by atoms with Crippen molar-refractivity contribution in [2.24, 2.45) is 0 Å². The van der Waals surface area contributed by atoms with Gasteiger partial charge in [0.25, 0.3) is 0 Å². The second-order valence-corrected chi connectivity index (χ2v) is 5.21. The molecule has 0 radical (unpaired) electrons. The summed E-state index contributed by atoms with van der Waals surface area (Å²) in [5.41, 5.74) is 0.752. The Labute approximate surface area is 145 Å². The highest BCUT2D eigenvalue weighted by Crippen LogP contribution is 2.29. The van der Waals surface area contributed by atoms with Crippen LogP contribution in [-0.2, 0) is 9.53 Å². The molecule has 0 aliphatic carbocycles. The molecule has 7 heteroatoms. The molecule has 0 spiro atoms. The predicted octanol–water partition coefficient (Wildman–Crippen LogP) is 3.11. The van der Waals surface area contributed by atoms with Crippen LogP contribution in [0, 0.1) is 11.3 Å². The summed E-state index contributed by atoms with van der Waals surface area (Å²) >= 11 is 0. The van der Waals surface area contributed by atoms with Crippen molar-refractivity contribution in [3.8, 4) is 17.7 Å². The number of nitrogens with zero attached hydrogens (tertiary/aromatic N) is 3. The lowest BCUT2D eigenvalue weighted by atomic mass is 10.2. The maximum absolute atomic E-state index is 11.9. The van der Waals surface area contributed by atoms with Gasteiger partial charge < -0.3 is 14.2 Å². The van der Waals surface area contributed by atoms with E-state index in [-0.39, 0.29) is 24.2 Å². The lowest BCUT2D eigenvalue weighted by Gasteiger charge is -2.10. The molecule has 0 aliphatic heterocycles. The minimum Gasteiger partial charge on any atom is -0.487 e. The van der Waals surface area contributed by atoms with Crippen molar-refractivity contribution < 1.29 is 19.0 Å². The average Bonchev–Trinajstić information content (AvgIpc) is 2.91. The van der Waals surface area contributed by atoms with Crippen LogP contribution in [0.1, 0.15) is 26.5 Å². The third-order valence-corrected chi connectivity index (χ3v) is 3.07. The number of fused-ring (bicyclic) bond motifs is 1. The Kier molecular flexibility index (Phi) is 5.79. The fourth-order valence-corrected chi connectivity index (χ4v) is 2.17. The molecular formula is C18H19N3O4. The fourth-order valence-electron chi connectivity index (χ4n) is 2.17. The highest BCUT2D eigenvalue weighted by atomic mass is 16.5. The number of hydrogen-bond acceptors (Lipinski definition) is 6. The molecule has 0 amide bonds. The second kappa shape index (κ2) is 8.02. The predicted molar refractivity (Wildman–Crippen MR) is 92.0 cm³/mol. The Balaban J connectivity index is 2.65. The highest BCUT2D eigenvalue weighted by Gasteiger charge is 2.18. The smallest absolute Gasteiger partial charge is 0.348 e. The lowest BCUT2D eigenvalue weighted by Crippen LogP contribution is -2.07. The summed E-state index contributed by atoms with van der Waals surface area (Å²) in [4.78, 5) is 16.3. The topological polar surface area (TPSA) is 85.9 Å². The largest absolute Gasteiger partial charge is 0.487 e. The van der Waals surface area contributed by atoms with Gasteiger partial charge in [0.2, 0.25) is 5.88 Å². The van der Waals surface area contributed by atoms with Gasteiger partial charge in [-0.15, -0.1) is 0 Å². The number of ether oxygens (including phenoxy) is 3. The normalized spacial score (nSPS) is 11.2. The molecule has 0 atom stereocenters. The summed E-state index contributed by atoms with van der Waals surface area (Å²) in [5, 5.41) is 9.25. The van der Waals surface area contributed by atoms with Crippen molar-refractivity contribution >= 4 is 17.7 Å². The van der Waals surface area contributed by atoms with E-state index >= 15 is 0 Å². The molecule has 130 valence electrons. The first-order valence-electron chi connectivity index (χ1n) is 7.76. The molecule has 2 aromatic rings. The van der Waals surface area contributed by atoms with Gasteiger partial charge in [-0.3, -0.25) is 4.40 Å². The zero-order valence-corrected chi connectivity index (χ0v) is 14.4. The lowest BCUT2D eigenvalue weighted by molar-refractivity contribution is -0.137. The fraction of sp³-hybridized carbons (Fsp3) is 0.278. The van der Waals surface area contributed by atoms with E-state index in [1.165, 1.54) is 12.3 Å².